The summed E-state index contributed by atoms with van der Waals surface area (Å²) in [5.41, 5.74) is 2.15. The van der Waals surface area contributed by atoms with Crippen molar-refractivity contribution in [2.45, 2.75) is 194 Å². The standard InChI is InChI=1S/C69H97N15O14S2/c1-12-45(59(89)69(9,10)11)77-67(97)54-34-100-99-24-23-55(85)75-39(8)60(90)78-51(27-40-30-71-46-19-15-13-17-43(40)46)63(93)81-53(29-42-32-70-35-74-42)65(95)79-49(25-36(2)3)61(91)73-33-56(86)76-48(21-22-57(87)88)62(92)80-50(26-37(4)5)66(96)84-58(38(6)7)68(98)82-52(64(94)83-54)28-41-31-72-47-20-16-14-18-44(41)47/h13-20,30-32,35-39,45,48-54,58,71-72H,12,21-29,33-34H2,1-11H3,(H,70,74)(H,73,91)(H,75,85)(H,76,86)(H,77,97)(H,78,90)(H,79,95)(H,80,92)(H,81,93)(H,82,98)(H,83,94)(H,84,96)(H,87,88)/t39-,45-,48-,49-,50-,51-,52-,53-,54-,58?/m0/s1. The maximum absolute atomic E-state index is 15.0. The number of carbonyl (C=O) groups is 13. The third-order valence-corrected chi connectivity index (χ3v) is 19.0. The van der Waals surface area contributed by atoms with E-state index in [9.17, 15) is 67.4 Å². The minimum Gasteiger partial charge on any atom is -0.481 e. The smallest absolute Gasteiger partial charge is 0.303 e. The van der Waals surface area contributed by atoms with Crippen molar-refractivity contribution in [1.82, 2.24) is 78.4 Å². The van der Waals surface area contributed by atoms with Crippen LogP contribution in [0.25, 0.3) is 21.8 Å². The van der Waals surface area contributed by atoms with E-state index in [1.807, 2.05) is 36.4 Å². The minimum absolute atomic E-state index is 0.0188. The van der Waals surface area contributed by atoms with Crippen LogP contribution in [-0.2, 0) is 81.6 Å². The van der Waals surface area contributed by atoms with Crippen LogP contribution in [-0.4, -0.2) is 180 Å². The maximum Gasteiger partial charge on any atom is 0.303 e. The van der Waals surface area contributed by atoms with Crippen molar-refractivity contribution in [2.75, 3.05) is 18.1 Å². The largest absolute Gasteiger partial charge is 0.481 e. The molecule has 0 bridgehead atoms. The number of H-pyrrole nitrogens is 3. The van der Waals surface area contributed by atoms with Gasteiger partial charge in [0.15, 0.2) is 5.78 Å². The number of amides is 11. The van der Waals surface area contributed by atoms with E-state index >= 15 is 0 Å². The van der Waals surface area contributed by atoms with E-state index < -0.39 is 162 Å². The molecule has 1 unspecified atom stereocenters. The number of imidazole rings is 1. The molecule has 6 rings (SSSR count). The molecule has 29 nitrogen and oxygen atoms in total. The first kappa shape index (κ1) is 79.7. The summed E-state index contributed by atoms with van der Waals surface area (Å²) < 4.78 is 0. The lowest BCUT2D eigenvalue weighted by atomic mass is 9.85. The molecule has 15 N–H and O–H groups in total. The lowest BCUT2D eigenvalue weighted by molar-refractivity contribution is -0.138. The molecule has 1 aliphatic rings. The van der Waals surface area contributed by atoms with Gasteiger partial charge < -0.3 is 78.5 Å². The van der Waals surface area contributed by atoms with Crippen LogP contribution in [0.2, 0.25) is 0 Å². The summed E-state index contributed by atoms with van der Waals surface area (Å²) in [5.74, 6) is -11.7. The van der Waals surface area contributed by atoms with Crippen molar-refractivity contribution in [3.05, 3.63) is 90.3 Å². The first-order valence-electron chi connectivity index (χ1n) is 33.7. The number of aliphatic carboxylic acids is 1. The molecule has 11 amide bonds. The van der Waals surface area contributed by atoms with Crippen molar-refractivity contribution in [2.24, 2.45) is 23.2 Å². The Bertz CT molecular complexity index is 3700. The number of fused-ring (bicyclic) bond motifs is 2. The monoisotopic (exact) mass is 1420 g/mol. The molecule has 31 heteroatoms. The van der Waals surface area contributed by atoms with Crippen LogP contribution in [0, 0.1) is 23.2 Å². The van der Waals surface area contributed by atoms with Crippen molar-refractivity contribution >= 4 is 120 Å². The predicted octanol–water partition coefficient (Wildman–Crippen LogP) is 2.81. The van der Waals surface area contributed by atoms with Gasteiger partial charge in [0.2, 0.25) is 65.0 Å². The fraction of sp³-hybridized carbons (Fsp3) is 0.536. The van der Waals surface area contributed by atoms with Gasteiger partial charge in [-0.3, -0.25) is 62.3 Å². The number of aromatic amines is 3. The fourth-order valence-electron chi connectivity index (χ4n) is 11.2. The van der Waals surface area contributed by atoms with Crippen LogP contribution in [0.1, 0.15) is 132 Å². The molecule has 1 saturated heterocycles. The van der Waals surface area contributed by atoms with E-state index in [0.717, 1.165) is 32.6 Å². The molecule has 100 heavy (non-hydrogen) atoms. The zero-order valence-electron chi connectivity index (χ0n) is 58.4. The van der Waals surface area contributed by atoms with Gasteiger partial charge in [-0.1, -0.05) is 127 Å². The number of hydrogen-bond acceptors (Lipinski definition) is 16. The zero-order valence-corrected chi connectivity index (χ0v) is 60.1. The Kier molecular flexibility index (Phi) is 30.1. The summed E-state index contributed by atoms with van der Waals surface area (Å²) in [4.78, 5) is 197. The Morgan fingerprint density at radius 2 is 1.10 bits per heavy atom. The highest BCUT2D eigenvalue weighted by molar-refractivity contribution is 8.76. The number of hydrogen-bond donors (Lipinski definition) is 15. The molecule has 0 saturated carbocycles. The third kappa shape index (κ3) is 24.3. The summed E-state index contributed by atoms with van der Waals surface area (Å²) in [7, 11) is 2.30. The Morgan fingerprint density at radius 3 is 1.63 bits per heavy atom. The second-order valence-corrected chi connectivity index (χ2v) is 29.9. The van der Waals surface area contributed by atoms with Gasteiger partial charge in [-0.05, 0) is 73.6 Å². The van der Waals surface area contributed by atoms with E-state index in [-0.39, 0.29) is 74.1 Å². The van der Waals surface area contributed by atoms with E-state index in [1.54, 1.807) is 93.8 Å². The van der Waals surface area contributed by atoms with E-state index in [0.29, 0.717) is 16.8 Å². The maximum atomic E-state index is 15.0. The lowest BCUT2D eigenvalue weighted by Crippen LogP contribution is -2.61. The molecule has 544 valence electrons. The quantitative estimate of drug-likeness (QED) is 0.0561. The summed E-state index contributed by atoms with van der Waals surface area (Å²) in [6.07, 6.45) is 4.74. The minimum atomic E-state index is -1.60. The van der Waals surface area contributed by atoms with Crippen molar-refractivity contribution in [3.63, 3.8) is 0 Å². The van der Waals surface area contributed by atoms with Crippen LogP contribution >= 0.6 is 21.6 Å². The van der Waals surface area contributed by atoms with Crippen LogP contribution in [0.15, 0.2) is 73.4 Å². The highest BCUT2D eigenvalue weighted by atomic mass is 33.1. The highest BCUT2D eigenvalue weighted by Gasteiger charge is 2.38. The van der Waals surface area contributed by atoms with Gasteiger partial charge in [-0.2, -0.15) is 0 Å². The average Bonchev–Trinajstić information content (AvgIpc) is 1.67. The molecule has 2 aromatic carbocycles. The normalized spacial score (nSPS) is 22.9. The molecular formula is C69H97N15O14S2. The van der Waals surface area contributed by atoms with Gasteiger partial charge in [0.05, 0.1) is 24.6 Å². The fourth-order valence-corrected chi connectivity index (χ4v) is 13.4. The summed E-state index contributed by atoms with van der Waals surface area (Å²) >= 11 is 0. The number of carboxylic acid groups (broad SMARTS) is 1. The molecule has 0 aliphatic carbocycles. The molecular weight excluding hydrogens is 1330 g/mol. The molecule has 4 heterocycles. The topological polar surface area (TPSA) is 435 Å². The predicted molar refractivity (Wildman–Crippen MR) is 379 cm³/mol. The molecule has 1 aliphatic heterocycles. The average molecular weight is 1420 g/mol. The number of carboxylic acids is 1. The number of ketones is 1. The molecule has 0 radical (unpaired) electrons. The number of para-hydroxylation sites is 2. The lowest BCUT2D eigenvalue weighted by Gasteiger charge is -2.29. The number of nitrogens with zero attached hydrogens (tertiary/aromatic N) is 1. The first-order valence-corrected chi connectivity index (χ1v) is 36.2. The Labute approximate surface area is 589 Å². The molecule has 3 aromatic heterocycles. The Hall–Kier alpha value is -9.26. The van der Waals surface area contributed by atoms with E-state index in [4.69, 9.17) is 0 Å². The number of nitrogens with one attached hydrogen (secondary N) is 14. The van der Waals surface area contributed by atoms with Gasteiger partial charge in [0.25, 0.3) is 0 Å². The number of carbonyl (C=O) groups excluding carboxylic acids is 12. The second-order valence-electron chi connectivity index (χ2n) is 27.2. The van der Waals surface area contributed by atoms with Crippen molar-refractivity contribution in [1.29, 1.82) is 0 Å². The number of aromatic nitrogens is 4. The molecule has 10 atom stereocenters. The zero-order chi connectivity index (χ0) is 73.5. The van der Waals surface area contributed by atoms with Gasteiger partial charge in [0.1, 0.15) is 54.4 Å². The number of rotatable bonds is 18. The second kappa shape index (κ2) is 37.8. The Morgan fingerprint density at radius 1 is 0.590 bits per heavy atom. The van der Waals surface area contributed by atoms with Crippen LogP contribution < -0.4 is 58.5 Å². The molecule has 5 aromatic rings. The van der Waals surface area contributed by atoms with Crippen LogP contribution in [0.5, 0.6) is 0 Å². The number of Topliss-reactive ketones (excluding diaryl/α,β-unsaturated/α-hetero) is 1. The first-order chi connectivity index (χ1) is 47.3. The highest BCUT2D eigenvalue weighted by Crippen LogP contribution is 2.26. The van der Waals surface area contributed by atoms with Crippen molar-refractivity contribution < 1.29 is 67.4 Å². The number of benzene rings is 2. The third-order valence-electron chi connectivity index (χ3n) is 16.6. The summed E-state index contributed by atoms with van der Waals surface area (Å²) in [5, 5.41) is 40.9. The van der Waals surface area contributed by atoms with Gasteiger partial charge in [-0.15, -0.1) is 0 Å². The molecule has 0 spiro atoms. The van der Waals surface area contributed by atoms with Gasteiger partial charge >= 0.3 is 5.97 Å². The van der Waals surface area contributed by atoms with E-state index in [2.05, 4.69) is 78.4 Å². The van der Waals surface area contributed by atoms with Gasteiger partial charge in [0, 0.05) is 89.4 Å². The summed E-state index contributed by atoms with van der Waals surface area (Å²) in [6.45, 7) is 17.9. The SMILES string of the molecule is CC[C@H](NC(=O)[C@@H]1CSSCCC(=O)N[C@@H](C)C(=O)N[C@@H](Cc2c[nH]c3ccccc23)C(=O)N[C@@H](Cc2c[nH]cn2)C(=O)N[C@@H](CC(C)C)C(=O)NCC(=O)N[C@@H](CCC(=O)O)C(=O)N[C@@H](CC(C)C)C(=O)NC(C(C)C)C(=O)N[C@@H](Cc2c[nH]c3ccccc23)C(=O)N1)C(=O)C(C)(C)C. The van der Waals surface area contributed by atoms with Gasteiger partial charge in [-0.25, -0.2) is 4.98 Å². The van der Waals surface area contributed by atoms with Crippen LogP contribution in [0.4, 0.5) is 0 Å². The van der Waals surface area contributed by atoms with Crippen LogP contribution in [0.3, 0.4) is 0 Å². The molecule has 1 fully saturated rings. The van der Waals surface area contributed by atoms with E-state index in [1.165, 1.54) is 30.2 Å². The summed E-state index contributed by atoms with van der Waals surface area (Å²) in [6, 6.07) is 1.06. The van der Waals surface area contributed by atoms with Crippen molar-refractivity contribution in [3.8, 4) is 0 Å². The Balaban J connectivity index is 1.37.